The Balaban J connectivity index is 0.902. The first-order chi connectivity index (χ1) is 28.9. The summed E-state index contributed by atoms with van der Waals surface area (Å²) in [5, 5.41) is 85.6. The number of aliphatic hydroxyl groups excluding tert-OH is 8. The Kier molecular flexibility index (Phi) is 12.4. The smallest absolute Gasteiger partial charge is 0.187 e. The zero-order chi connectivity index (χ0) is 43.5. The van der Waals surface area contributed by atoms with Crippen LogP contribution in [-0.4, -0.2) is 164 Å². The molecule has 0 aromatic rings. The normalized spacial score (nSPS) is 58.4. The topological polar surface area (TPSA) is 236 Å². The molecule has 61 heavy (non-hydrogen) atoms. The van der Waals surface area contributed by atoms with Gasteiger partial charge < -0.3 is 78.7 Å². The van der Waals surface area contributed by atoms with Crippen LogP contribution in [0.5, 0.6) is 0 Å². The fourth-order valence-electron chi connectivity index (χ4n) is 13.9. The highest BCUT2D eigenvalue weighted by Crippen LogP contribution is 2.70. The van der Waals surface area contributed by atoms with Gasteiger partial charge in [-0.2, -0.15) is 0 Å². The van der Waals surface area contributed by atoms with Gasteiger partial charge in [0.25, 0.3) is 0 Å². The second-order valence-electron chi connectivity index (χ2n) is 21.1. The van der Waals surface area contributed by atoms with Crippen LogP contribution in [0.4, 0.5) is 0 Å². The predicted molar refractivity (Wildman–Crippen MR) is 213 cm³/mol. The van der Waals surface area contributed by atoms with E-state index in [2.05, 4.69) is 33.8 Å². The summed E-state index contributed by atoms with van der Waals surface area (Å²) in [6.45, 7) is 13.0. The second-order valence-corrected chi connectivity index (χ2v) is 21.1. The monoisotopic (exact) mass is 868 g/mol. The minimum Gasteiger partial charge on any atom is -0.388 e. The maximum Gasteiger partial charge on any atom is 0.187 e. The van der Waals surface area contributed by atoms with Crippen LogP contribution in [0.1, 0.15) is 99.3 Å². The van der Waals surface area contributed by atoms with Gasteiger partial charge in [0.15, 0.2) is 24.7 Å². The van der Waals surface area contributed by atoms with Gasteiger partial charge in [0, 0.05) is 12.3 Å². The van der Waals surface area contributed by atoms with Gasteiger partial charge in [-0.25, -0.2) is 0 Å². The van der Waals surface area contributed by atoms with E-state index in [-0.39, 0.29) is 23.0 Å². The summed E-state index contributed by atoms with van der Waals surface area (Å²) in [7, 11) is 0. The van der Waals surface area contributed by atoms with E-state index >= 15 is 0 Å². The van der Waals surface area contributed by atoms with E-state index < -0.39 is 105 Å². The van der Waals surface area contributed by atoms with Crippen molar-refractivity contribution >= 4 is 0 Å². The van der Waals surface area contributed by atoms with E-state index in [0.717, 1.165) is 45.1 Å². The summed E-state index contributed by atoms with van der Waals surface area (Å²) in [6.07, 6.45) is -9.94. The molecule has 8 fully saturated rings. The summed E-state index contributed by atoms with van der Waals surface area (Å²) < 4.78 is 49.7. The summed E-state index contributed by atoms with van der Waals surface area (Å²) in [5.41, 5.74) is 1.53. The number of rotatable bonds is 7. The Hall–Kier alpha value is -0.900. The predicted octanol–water partition coefficient (Wildman–Crippen LogP) is 1.24. The first-order valence-corrected chi connectivity index (χ1v) is 23.2. The molecule has 16 nitrogen and oxygen atoms in total. The quantitative estimate of drug-likeness (QED) is 0.168. The molecule has 0 aromatic heterocycles. The molecule has 0 aromatic carbocycles. The summed E-state index contributed by atoms with van der Waals surface area (Å²) in [4.78, 5) is 0. The van der Waals surface area contributed by atoms with Crippen LogP contribution in [0, 0.1) is 46.3 Å². The van der Waals surface area contributed by atoms with Gasteiger partial charge >= 0.3 is 0 Å². The van der Waals surface area contributed by atoms with Gasteiger partial charge in [0.1, 0.15) is 61.0 Å². The molecule has 0 amide bonds. The Labute approximate surface area is 358 Å². The van der Waals surface area contributed by atoms with Crippen molar-refractivity contribution in [3.8, 4) is 0 Å². The molecule has 9 aliphatic rings. The van der Waals surface area contributed by atoms with Crippen molar-refractivity contribution in [3.63, 3.8) is 0 Å². The molecule has 4 aliphatic carbocycles. The highest BCUT2D eigenvalue weighted by atomic mass is 16.8. The third-order valence-electron chi connectivity index (χ3n) is 17.6. The van der Waals surface area contributed by atoms with Gasteiger partial charge in [0.2, 0.25) is 0 Å². The Morgan fingerprint density at radius 3 is 2.07 bits per heavy atom. The number of hydrogen-bond acceptors (Lipinski definition) is 16. The van der Waals surface area contributed by atoms with Crippen LogP contribution < -0.4 is 0 Å². The Bertz CT molecular complexity index is 1590. The van der Waals surface area contributed by atoms with Crippen molar-refractivity contribution in [2.45, 2.75) is 209 Å². The summed E-state index contributed by atoms with van der Waals surface area (Å²) >= 11 is 0. The van der Waals surface area contributed by atoms with Gasteiger partial charge in [-0.15, -0.1) is 0 Å². The average molecular weight is 869 g/mol. The second kappa shape index (κ2) is 16.8. The van der Waals surface area contributed by atoms with Crippen molar-refractivity contribution in [1.29, 1.82) is 0 Å². The first kappa shape index (κ1) is 45.3. The Morgan fingerprint density at radius 1 is 0.689 bits per heavy atom. The largest absolute Gasteiger partial charge is 0.388 e. The van der Waals surface area contributed by atoms with E-state index in [1.54, 1.807) is 0 Å². The summed E-state index contributed by atoms with van der Waals surface area (Å²) in [5.74, 6) is 2.64. The molecule has 0 bridgehead atoms. The highest BCUT2D eigenvalue weighted by Gasteiger charge is 2.69. The molecule has 348 valence electrons. The molecule has 9 rings (SSSR count). The molecule has 5 aliphatic heterocycles. The molecular weight excluding hydrogens is 796 g/mol. The van der Waals surface area contributed by atoms with E-state index in [9.17, 15) is 40.9 Å². The molecule has 5 saturated heterocycles. The first-order valence-electron chi connectivity index (χ1n) is 23.2. The molecule has 3 saturated carbocycles. The van der Waals surface area contributed by atoms with E-state index in [1.165, 1.54) is 25.8 Å². The third-order valence-corrected chi connectivity index (χ3v) is 17.6. The fraction of sp³-hybridized carbons (Fsp3) is 0.956. The lowest BCUT2D eigenvalue weighted by molar-refractivity contribution is -0.374. The average Bonchev–Trinajstić information content (AvgIpc) is 3.68. The Morgan fingerprint density at radius 2 is 1.38 bits per heavy atom. The number of hydrogen-bond donors (Lipinski definition) is 8. The van der Waals surface area contributed by atoms with Crippen molar-refractivity contribution in [2.75, 3.05) is 13.2 Å². The third kappa shape index (κ3) is 7.52. The van der Waals surface area contributed by atoms with Gasteiger partial charge in [0.05, 0.1) is 37.6 Å². The zero-order valence-electron chi connectivity index (χ0n) is 36.5. The molecule has 8 N–H and O–H groups in total. The molecule has 5 heterocycles. The van der Waals surface area contributed by atoms with Gasteiger partial charge in [-0.05, 0) is 106 Å². The van der Waals surface area contributed by atoms with Crippen molar-refractivity contribution < 1.29 is 78.7 Å². The van der Waals surface area contributed by atoms with Crippen LogP contribution in [0.3, 0.4) is 0 Å². The number of allylic oxidation sites excluding steroid dienone is 1. The van der Waals surface area contributed by atoms with E-state index in [4.69, 9.17) is 37.9 Å². The SMILES string of the molecule is CC1CCC2(OC1)OC1CC3C4CC=C5CC(OC6OC(COC7OC(C)C(O)C(O)C7O)C(O)C(O)C6OC6OC(C)C(O)C(O)C6O)CCC5(C)C4CCC3(C)C1C2C. The van der Waals surface area contributed by atoms with Gasteiger partial charge in [-0.3, -0.25) is 0 Å². The number of aliphatic hydroxyl groups is 8. The van der Waals surface area contributed by atoms with Crippen LogP contribution >= 0.6 is 0 Å². The number of ether oxygens (including phenoxy) is 8. The van der Waals surface area contributed by atoms with Crippen LogP contribution in [0.15, 0.2) is 11.6 Å². The lowest BCUT2D eigenvalue weighted by Crippen LogP contribution is -2.65. The highest BCUT2D eigenvalue weighted by molar-refractivity contribution is 5.26. The lowest BCUT2D eigenvalue weighted by Gasteiger charge is -2.58. The van der Waals surface area contributed by atoms with Crippen LogP contribution in [0.25, 0.3) is 0 Å². The molecule has 16 heteroatoms. The molecule has 26 unspecified atom stereocenters. The van der Waals surface area contributed by atoms with E-state index in [0.29, 0.717) is 48.3 Å². The zero-order valence-corrected chi connectivity index (χ0v) is 36.5. The number of fused-ring (bicyclic) bond motifs is 7. The van der Waals surface area contributed by atoms with E-state index in [1.807, 2.05) is 0 Å². The minimum atomic E-state index is -1.68. The van der Waals surface area contributed by atoms with Crippen molar-refractivity contribution in [3.05, 3.63) is 11.6 Å². The van der Waals surface area contributed by atoms with Crippen LogP contribution in [-0.2, 0) is 37.9 Å². The maximum atomic E-state index is 11.6. The fourth-order valence-corrected chi connectivity index (χ4v) is 13.9. The maximum absolute atomic E-state index is 11.6. The molecule has 1 spiro atoms. The minimum absolute atomic E-state index is 0.0171. The molecule has 26 atom stereocenters. The van der Waals surface area contributed by atoms with Crippen molar-refractivity contribution in [2.24, 2.45) is 46.3 Å². The van der Waals surface area contributed by atoms with Crippen LogP contribution in [0.2, 0.25) is 0 Å². The molecular formula is C45H72O16. The van der Waals surface area contributed by atoms with Gasteiger partial charge in [-0.1, -0.05) is 39.3 Å². The summed E-state index contributed by atoms with van der Waals surface area (Å²) in [6, 6.07) is 0. The lowest BCUT2D eigenvalue weighted by atomic mass is 9.47. The van der Waals surface area contributed by atoms with Crippen molar-refractivity contribution in [1.82, 2.24) is 0 Å². The molecule has 0 radical (unpaired) electrons. The standard InChI is InChI=1S/C45H72O16/c1-19-9-14-45(55-17-19)20(2)30-28(61-45)16-27-25-8-7-23-15-24(10-12-43(23,5)26(25)11-13-44(27,30)6)58-42-39(60-41-38(53)35(50)32(47)22(4)57-41)36(51)33(48)29(59-42)18-54-40-37(52)34(49)31(46)21(3)56-40/h7,19-22,24-42,46-53H,8-18H2,1-6H3.